The second-order valence-corrected chi connectivity index (χ2v) is 24.7. The number of hydrogen-bond acceptors (Lipinski definition) is 3. The molecule has 0 aromatic heterocycles. The fraction of sp³-hybridized carbons (Fsp3) is 0.986. The van der Waals surface area contributed by atoms with E-state index in [1.54, 1.807) is 0 Å². The summed E-state index contributed by atoms with van der Waals surface area (Å²) in [7, 11) is 0. The highest BCUT2D eigenvalue weighted by Gasteiger charge is 2.20. The first-order valence-electron chi connectivity index (χ1n) is 35.2. The van der Waals surface area contributed by atoms with Crippen molar-refractivity contribution in [2.24, 2.45) is 0 Å². The van der Waals surface area contributed by atoms with E-state index in [1.165, 1.54) is 372 Å². The molecule has 4 nitrogen and oxygen atoms in total. The van der Waals surface area contributed by atoms with Gasteiger partial charge in [-0.15, -0.1) is 0 Å². The number of nitrogens with one attached hydrogen (secondary N) is 1. The van der Waals surface area contributed by atoms with Crippen molar-refractivity contribution in [3.05, 3.63) is 0 Å². The Morgan fingerprint density at radius 2 is 0.432 bits per heavy atom. The summed E-state index contributed by atoms with van der Waals surface area (Å²) in [6.45, 7) is 4.42. The van der Waals surface area contributed by atoms with Gasteiger partial charge in [0.1, 0.15) is 0 Å². The lowest BCUT2D eigenvalue weighted by Crippen LogP contribution is -2.45. The topological polar surface area (TPSA) is 69.6 Å². The standard InChI is InChI=1S/C70H141NO3/c1-3-5-7-9-11-13-15-17-19-21-23-25-27-28-29-30-31-32-33-34-35-36-37-38-39-40-41-42-44-46-48-50-52-54-56-58-60-62-64-66-70(74)71-68(67-72)69(73)65-63-61-59-57-55-53-51-49-47-45-43-26-24-22-20-18-16-14-12-10-8-6-4-2/h68-69,72-73H,3-67H2,1-2H3,(H,71,74). The van der Waals surface area contributed by atoms with Gasteiger partial charge in [0.25, 0.3) is 0 Å². The summed E-state index contributed by atoms with van der Waals surface area (Å²) in [6, 6.07) is -0.533. The molecule has 0 spiro atoms. The number of aliphatic hydroxyl groups excluding tert-OH is 2. The minimum atomic E-state index is -0.656. The highest BCUT2D eigenvalue weighted by Crippen LogP contribution is 2.20. The molecule has 0 radical (unpaired) electrons. The van der Waals surface area contributed by atoms with Gasteiger partial charge in [-0.05, 0) is 12.8 Å². The summed E-state index contributed by atoms with van der Waals surface area (Å²) in [6.07, 6.45) is 87.5. The Balaban J connectivity index is 3.33. The van der Waals surface area contributed by atoms with E-state index in [4.69, 9.17) is 0 Å². The normalized spacial score (nSPS) is 12.5. The maximum absolute atomic E-state index is 12.6. The smallest absolute Gasteiger partial charge is 0.220 e. The van der Waals surface area contributed by atoms with Gasteiger partial charge in [0.15, 0.2) is 0 Å². The molecule has 74 heavy (non-hydrogen) atoms. The maximum Gasteiger partial charge on any atom is 0.220 e. The minimum Gasteiger partial charge on any atom is -0.394 e. The van der Waals surface area contributed by atoms with Crippen molar-refractivity contribution in [2.45, 2.75) is 437 Å². The fourth-order valence-electron chi connectivity index (χ4n) is 11.8. The van der Waals surface area contributed by atoms with Gasteiger partial charge in [0.2, 0.25) is 5.91 Å². The molecule has 0 heterocycles. The molecule has 0 aromatic rings. The zero-order valence-corrected chi connectivity index (χ0v) is 51.4. The van der Waals surface area contributed by atoms with Gasteiger partial charge in [-0.2, -0.15) is 0 Å². The van der Waals surface area contributed by atoms with E-state index < -0.39 is 12.1 Å². The van der Waals surface area contributed by atoms with Crippen LogP contribution in [0.1, 0.15) is 425 Å². The van der Waals surface area contributed by atoms with E-state index in [0.29, 0.717) is 12.8 Å². The van der Waals surface area contributed by atoms with E-state index in [9.17, 15) is 15.0 Å². The van der Waals surface area contributed by atoms with Gasteiger partial charge >= 0.3 is 0 Å². The van der Waals surface area contributed by atoms with Crippen LogP contribution in [-0.2, 0) is 4.79 Å². The third-order valence-corrected chi connectivity index (χ3v) is 17.1. The molecule has 444 valence electrons. The van der Waals surface area contributed by atoms with Gasteiger partial charge < -0.3 is 15.5 Å². The molecule has 0 rings (SSSR count). The van der Waals surface area contributed by atoms with Crippen LogP contribution in [0.15, 0.2) is 0 Å². The van der Waals surface area contributed by atoms with Crippen molar-refractivity contribution < 1.29 is 15.0 Å². The van der Waals surface area contributed by atoms with Crippen LogP contribution in [0.4, 0.5) is 0 Å². The van der Waals surface area contributed by atoms with Gasteiger partial charge in [-0.3, -0.25) is 4.79 Å². The Morgan fingerprint density at radius 3 is 0.608 bits per heavy atom. The van der Waals surface area contributed by atoms with E-state index >= 15 is 0 Å². The van der Waals surface area contributed by atoms with Crippen molar-refractivity contribution in [1.29, 1.82) is 0 Å². The average molecular weight is 1040 g/mol. The summed E-state index contributed by atoms with van der Waals surface area (Å²) in [4.78, 5) is 12.6. The SMILES string of the molecule is CCCCCCCCCCCCCCCCCCCCCCCCCCCCCCCCCCCCCCCCCC(=O)NC(CO)C(O)CCCCCCCCCCCCCCCCCCCCCCCCC. The molecule has 0 saturated heterocycles. The highest BCUT2D eigenvalue weighted by molar-refractivity contribution is 5.76. The van der Waals surface area contributed by atoms with Crippen LogP contribution in [-0.4, -0.2) is 34.9 Å². The van der Waals surface area contributed by atoms with Gasteiger partial charge in [0.05, 0.1) is 18.8 Å². The minimum absolute atomic E-state index is 0.0195. The van der Waals surface area contributed by atoms with E-state index in [0.717, 1.165) is 25.7 Å². The molecule has 0 fully saturated rings. The Kier molecular flexibility index (Phi) is 66.1. The van der Waals surface area contributed by atoms with Gasteiger partial charge in [-0.1, -0.05) is 406 Å². The van der Waals surface area contributed by atoms with Crippen molar-refractivity contribution in [2.75, 3.05) is 6.61 Å². The molecule has 0 aliphatic heterocycles. The molecule has 0 saturated carbocycles. The molecule has 2 unspecified atom stereocenters. The first kappa shape index (κ1) is 73.4. The van der Waals surface area contributed by atoms with Gasteiger partial charge in [0, 0.05) is 6.42 Å². The molecule has 4 heteroatoms. The second kappa shape index (κ2) is 66.7. The third-order valence-electron chi connectivity index (χ3n) is 17.1. The van der Waals surface area contributed by atoms with Crippen LogP contribution in [0.2, 0.25) is 0 Å². The molecule has 2 atom stereocenters. The number of amides is 1. The Hall–Kier alpha value is -0.610. The largest absolute Gasteiger partial charge is 0.394 e. The number of hydrogen-bond donors (Lipinski definition) is 3. The zero-order chi connectivity index (χ0) is 53.4. The lowest BCUT2D eigenvalue weighted by atomic mass is 10.0. The third kappa shape index (κ3) is 62.2. The summed E-state index contributed by atoms with van der Waals surface area (Å²) in [5, 5.41) is 23.4. The number of aliphatic hydroxyl groups is 2. The average Bonchev–Trinajstić information content (AvgIpc) is 3.40. The summed E-state index contributed by atoms with van der Waals surface area (Å²) >= 11 is 0. The highest BCUT2D eigenvalue weighted by atomic mass is 16.3. The number of rotatable bonds is 67. The lowest BCUT2D eigenvalue weighted by Gasteiger charge is -2.22. The van der Waals surface area contributed by atoms with Crippen LogP contribution < -0.4 is 5.32 Å². The van der Waals surface area contributed by atoms with Crippen LogP contribution in [0.3, 0.4) is 0 Å². The van der Waals surface area contributed by atoms with E-state index in [1.807, 2.05) is 0 Å². The predicted octanol–water partition coefficient (Wildman–Crippen LogP) is 23.8. The van der Waals surface area contributed by atoms with Crippen molar-refractivity contribution in [3.63, 3.8) is 0 Å². The van der Waals surface area contributed by atoms with Crippen LogP contribution >= 0.6 is 0 Å². The Morgan fingerprint density at radius 1 is 0.270 bits per heavy atom. The summed E-state index contributed by atoms with van der Waals surface area (Å²) in [5.41, 5.74) is 0. The second-order valence-electron chi connectivity index (χ2n) is 24.7. The maximum atomic E-state index is 12.6. The molecule has 0 aromatic carbocycles. The van der Waals surface area contributed by atoms with E-state index in [-0.39, 0.29) is 12.5 Å². The Bertz CT molecular complexity index is 1000. The number of carbonyl (C=O) groups excluding carboxylic acids is 1. The van der Waals surface area contributed by atoms with Crippen molar-refractivity contribution in [3.8, 4) is 0 Å². The fourth-order valence-corrected chi connectivity index (χ4v) is 11.8. The van der Waals surface area contributed by atoms with Crippen LogP contribution in [0, 0.1) is 0 Å². The summed E-state index contributed by atoms with van der Waals surface area (Å²) < 4.78 is 0. The molecule has 3 N–H and O–H groups in total. The number of unbranched alkanes of at least 4 members (excludes halogenated alkanes) is 60. The molecule has 0 aliphatic rings. The lowest BCUT2D eigenvalue weighted by molar-refractivity contribution is -0.123. The predicted molar refractivity (Wildman–Crippen MR) is 332 cm³/mol. The molecular formula is C70H141NO3. The Labute approximate surface area is 467 Å². The quantitative estimate of drug-likeness (QED) is 0.0532. The monoisotopic (exact) mass is 1040 g/mol. The van der Waals surface area contributed by atoms with E-state index in [2.05, 4.69) is 19.2 Å². The first-order valence-corrected chi connectivity index (χ1v) is 35.2. The van der Waals surface area contributed by atoms with Crippen LogP contribution in [0.5, 0.6) is 0 Å². The number of carbonyl (C=O) groups is 1. The summed E-state index contributed by atoms with van der Waals surface area (Å²) in [5.74, 6) is -0.0195. The van der Waals surface area contributed by atoms with Crippen LogP contribution in [0.25, 0.3) is 0 Å². The van der Waals surface area contributed by atoms with Crippen molar-refractivity contribution in [1.82, 2.24) is 5.32 Å². The molecule has 0 aliphatic carbocycles. The molecule has 0 bridgehead atoms. The zero-order valence-electron chi connectivity index (χ0n) is 51.4. The van der Waals surface area contributed by atoms with Crippen molar-refractivity contribution >= 4 is 5.91 Å². The van der Waals surface area contributed by atoms with Gasteiger partial charge in [-0.25, -0.2) is 0 Å². The first-order chi connectivity index (χ1) is 36.7. The molecule has 1 amide bonds. The molecular weight excluding hydrogens is 903 g/mol.